The number of carbonyl (C=O) groups is 1. The number of aliphatic hydroxyl groups is 3. The zero-order chi connectivity index (χ0) is 40.1. The number of carbonyl (C=O) groups excluding carboxylic acids is 1. The van der Waals surface area contributed by atoms with Crippen LogP contribution in [-0.4, -0.2) is 46.1 Å². The van der Waals surface area contributed by atoms with Crippen molar-refractivity contribution in [1.82, 2.24) is 5.32 Å². The van der Waals surface area contributed by atoms with Crippen LogP contribution in [-0.2, 0) is 4.79 Å². The Balaban J connectivity index is 3.52. The van der Waals surface area contributed by atoms with E-state index in [1.807, 2.05) is 0 Å². The van der Waals surface area contributed by atoms with Crippen molar-refractivity contribution in [2.75, 3.05) is 6.61 Å². The largest absolute Gasteiger partial charge is 0.394 e. The smallest absolute Gasteiger partial charge is 0.220 e. The van der Waals surface area contributed by atoms with Gasteiger partial charge in [-0.2, -0.15) is 0 Å². The lowest BCUT2D eigenvalue weighted by molar-refractivity contribution is -0.124. The van der Waals surface area contributed by atoms with Crippen LogP contribution in [0.4, 0.5) is 0 Å². The highest BCUT2D eigenvalue weighted by atomic mass is 16.3. The number of rotatable bonds is 47. The molecule has 3 unspecified atom stereocenters. The van der Waals surface area contributed by atoms with Gasteiger partial charge in [-0.05, 0) is 12.8 Å². The summed E-state index contributed by atoms with van der Waals surface area (Å²) in [5.41, 5.74) is 0. The van der Waals surface area contributed by atoms with Crippen molar-refractivity contribution < 1.29 is 20.1 Å². The maximum absolute atomic E-state index is 12.5. The minimum Gasteiger partial charge on any atom is -0.394 e. The minimum absolute atomic E-state index is 0.137. The van der Waals surface area contributed by atoms with E-state index in [9.17, 15) is 20.1 Å². The molecule has 0 rings (SSSR count). The van der Waals surface area contributed by atoms with Crippen LogP contribution in [0.5, 0.6) is 0 Å². The molecule has 0 aliphatic heterocycles. The van der Waals surface area contributed by atoms with Crippen molar-refractivity contribution in [3.63, 3.8) is 0 Å². The zero-order valence-electron chi connectivity index (χ0n) is 37.6. The van der Waals surface area contributed by atoms with Crippen molar-refractivity contribution in [3.8, 4) is 0 Å². The van der Waals surface area contributed by atoms with E-state index in [2.05, 4.69) is 19.2 Å². The molecule has 0 heterocycles. The third-order valence-electron chi connectivity index (χ3n) is 12.2. The van der Waals surface area contributed by atoms with Gasteiger partial charge in [0.05, 0.1) is 18.8 Å². The van der Waals surface area contributed by atoms with Crippen LogP contribution in [0.25, 0.3) is 0 Å². The molecular weight excluding hydrogens is 679 g/mol. The van der Waals surface area contributed by atoms with Crippen LogP contribution < -0.4 is 5.32 Å². The molecule has 55 heavy (non-hydrogen) atoms. The Kier molecular flexibility index (Phi) is 45.5. The second kappa shape index (κ2) is 46.0. The normalized spacial score (nSPS) is 13.3. The number of hydrogen-bond donors (Lipinski definition) is 4. The Labute approximate surface area is 345 Å². The summed E-state index contributed by atoms with van der Waals surface area (Å²) in [7, 11) is 0. The molecule has 1 amide bonds. The van der Waals surface area contributed by atoms with E-state index in [1.54, 1.807) is 0 Å². The van der Waals surface area contributed by atoms with E-state index in [0.29, 0.717) is 12.8 Å². The fraction of sp³-hybridized carbons (Fsp3) is 0.980. The highest BCUT2D eigenvalue weighted by Crippen LogP contribution is 2.18. The van der Waals surface area contributed by atoms with Crippen molar-refractivity contribution in [1.29, 1.82) is 0 Å². The second-order valence-electron chi connectivity index (χ2n) is 17.7. The van der Waals surface area contributed by atoms with Gasteiger partial charge in [-0.15, -0.1) is 0 Å². The monoisotopic (exact) mass is 780 g/mol. The molecule has 0 aromatic carbocycles. The molecule has 5 heteroatoms. The summed E-state index contributed by atoms with van der Waals surface area (Å²) in [6, 6.07) is -0.803. The summed E-state index contributed by atoms with van der Waals surface area (Å²) < 4.78 is 0. The van der Waals surface area contributed by atoms with Gasteiger partial charge in [0.1, 0.15) is 6.10 Å². The van der Waals surface area contributed by atoms with E-state index < -0.39 is 18.2 Å². The fourth-order valence-corrected chi connectivity index (χ4v) is 8.28. The van der Waals surface area contributed by atoms with Gasteiger partial charge in [-0.1, -0.05) is 271 Å². The summed E-state index contributed by atoms with van der Waals surface area (Å²) in [4.78, 5) is 12.5. The Morgan fingerprint density at radius 3 is 0.873 bits per heavy atom. The predicted molar refractivity (Wildman–Crippen MR) is 241 cm³/mol. The minimum atomic E-state index is -1.13. The Morgan fingerprint density at radius 2 is 0.618 bits per heavy atom. The topological polar surface area (TPSA) is 89.8 Å². The molecule has 0 aliphatic rings. The molecule has 0 spiro atoms. The molecule has 0 aromatic rings. The van der Waals surface area contributed by atoms with Crippen molar-refractivity contribution in [2.24, 2.45) is 0 Å². The lowest BCUT2D eigenvalue weighted by Gasteiger charge is -2.26. The van der Waals surface area contributed by atoms with Gasteiger partial charge < -0.3 is 20.6 Å². The molecule has 0 saturated heterocycles. The summed E-state index contributed by atoms with van der Waals surface area (Å²) in [5, 5.41) is 33.7. The molecule has 4 N–H and O–H groups in total. The Bertz CT molecular complexity index is 733. The molecule has 0 bridgehead atoms. The highest BCUT2D eigenvalue weighted by Gasteiger charge is 2.26. The van der Waals surface area contributed by atoms with Crippen LogP contribution >= 0.6 is 0 Å². The van der Waals surface area contributed by atoms with Crippen LogP contribution in [0.15, 0.2) is 0 Å². The maximum atomic E-state index is 12.5. The standard InChI is InChI=1S/C50H101NO4/c1-3-5-7-9-11-13-15-17-19-21-22-23-24-25-26-27-29-31-33-35-37-39-41-43-45-49(54)51-47(46-52)50(55)48(53)44-42-40-38-36-34-32-30-28-20-18-16-14-12-10-8-6-4-2/h47-48,50,52-53,55H,3-46H2,1-2H3,(H,51,54). The number of nitrogens with one attached hydrogen (secondary N) is 1. The lowest BCUT2D eigenvalue weighted by atomic mass is 9.99. The van der Waals surface area contributed by atoms with Crippen LogP contribution in [0.1, 0.15) is 290 Å². The van der Waals surface area contributed by atoms with E-state index in [0.717, 1.165) is 32.1 Å². The molecule has 0 aliphatic carbocycles. The number of aliphatic hydroxyl groups excluding tert-OH is 3. The lowest BCUT2D eigenvalue weighted by Crippen LogP contribution is -2.50. The highest BCUT2D eigenvalue weighted by molar-refractivity contribution is 5.76. The average Bonchev–Trinajstić information content (AvgIpc) is 3.19. The quantitative estimate of drug-likeness (QED) is 0.0463. The molecule has 0 aromatic heterocycles. The van der Waals surface area contributed by atoms with Gasteiger partial charge in [0.25, 0.3) is 0 Å². The predicted octanol–water partition coefficient (Wildman–Crippen LogP) is 15.0. The van der Waals surface area contributed by atoms with Crippen molar-refractivity contribution >= 4 is 5.91 Å². The molecular formula is C50H101NO4. The van der Waals surface area contributed by atoms with Gasteiger partial charge in [-0.25, -0.2) is 0 Å². The van der Waals surface area contributed by atoms with Gasteiger partial charge in [-0.3, -0.25) is 4.79 Å². The van der Waals surface area contributed by atoms with E-state index in [-0.39, 0.29) is 12.5 Å². The van der Waals surface area contributed by atoms with E-state index in [4.69, 9.17) is 0 Å². The zero-order valence-corrected chi connectivity index (χ0v) is 37.6. The molecule has 0 saturated carbocycles. The molecule has 3 atom stereocenters. The van der Waals surface area contributed by atoms with Crippen molar-refractivity contribution in [3.05, 3.63) is 0 Å². The average molecular weight is 780 g/mol. The first kappa shape index (κ1) is 54.3. The third kappa shape index (κ3) is 41.3. The molecule has 5 nitrogen and oxygen atoms in total. The maximum Gasteiger partial charge on any atom is 0.220 e. The van der Waals surface area contributed by atoms with E-state index in [1.165, 1.54) is 231 Å². The third-order valence-corrected chi connectivity index (χ3v) is 12.2. The van der Waals surface area contributed by atoms with Gasteiger partial charge in [0, 0.05) is 6.42 Å². The fourth-order valence-electron chi connectivity index (χ4n) is 8.28. The SMILES string of the molecule is CCCCCCCCCCCCCCCCCCCCCCCCCCC(=O)NC(CO)C(O)C(O)CCCCCCCCCCCCCCCCCCC. The first-order valence-electron chi connectivity index (χ1n) is 25.3. The number of amides is 1. The first-order valence-corrected chi connectivity index (χ1v) is 25.3. The van der Waals surface area contributed by atoms with Crippen LogP contribution in [0.3, 0.4) is 0 Å². The van der Waals surface area contributed by atoms with Gasteiger partial charge in [0.15, 0.2) is 0 Å². The summed E-state index contributed by atoms with van der Waals surface area (Å²) >= 11 is 0. The molecule has 330 valence electrons. The molecule has 0 radical (unpaired) electrons. The Morgan fingerprint density at radius 1 is 0.382 bits per heavy atom. The molecule has 0 fully saturated rings. The summed E-state index contributed by atoms with van der Waals surface area (Å²) in [5.74, 6) is -0.137. The van der Waals surface area contributed by atoms with Crippen LogP contribution in [0.2, 0.25) is 0 Å². The Hall–Kier alpha value is -0.650. The summed E-state index contributed by atoms with van der Waals surface area (Å²) in [6.07, 6.45) is 53.7. The van der Waals surface area contributed by atoms with Gasteiger partial charge >= 0.3 is 0 Å². The van der Waals surface area contributed by atoms with Crippen molar-refractivity contribution in [2.45, 2.75) is 308 Å². The summed E-state index contributed by atoms with van der Waals surface area (Å²) in [6.45, 7) is 4.21. The van der Waals surface area contributed by atoms with Crippen LogP contribution in [0, 0.1) is 0 Å². The number of unbranched alkanes of at least 4 members (excludes halogenated alkanes) is 39. The first-order chi connectivity index (χ1) is 27.1. The van der Waals surface area contributed by atoms with E-state index >= 15 is 0 Å². The number of hydrogen-bond acceptors (Lipinski definition) is 4. The van der Waals surface area contributed by atoms with Gasteiger partial charge in [0.2, 0.25) is 5.91 Å². The second-order valence-corrected chi connectivity index (χ2v) is 17.7.